The Bertz CT molecular complexity index is 1190. The van der Waals surface area contributed by atoms with E-state index in [1.807, 2.05) is 0 Å². The van der Waals surface area contributed by atoms with Gasteiger partial charge in [-0.25, -0.2) is 4.98 Å². The number of hydrogen-bond donors (Lipinski definition) is 1. The number of H-pyrrole nitrogens is 1. The van der Waals surface area contributed by atoms with E-state index < -0.39 is 18.1 Å². The van der Waals surface area contributed by atoms with E-state index in [1.54, 1.807) is 63.5 Å². The number of amides is 2. The van der Waals surface area contributed by atoms with Crippen molar-refractivity contribution in [1.29, 1.82) is 0 Å². The summed E-state index contributed by atoms with van der Waals surface area (Å²) in [4.78, 5) is 45.1. The number of benzene rings is 2. The molecule has 10 heteroatoms. The number of carbonyl (C=O) groups excluding carboxylic acids is 3. The third-order valence-electron chi connectivity index (χ3n) is 4.83. The van der Waals surface area contributed by atoms with Crippen molar-refractivity contribution >= 4 is 34.9 Å². The largest absolute Gasteiger partial charge is 0.495 e. The van der Waals surface area contributed by atoms with Crippen LogP contribution in [0.25, 0.3) is 0 Å². The number of nitrogens with one attached hydrogen (secondary N) is 1. The maximum atomic E-state index is 13.2. The van der Waals surface area contributed by atoms with Gasteiger partial charge < -0.3 is 14.5 Å². The number of methoxy groups -OCH3 is 1. The standard InChI is InChI=1S/C23H24ClN5O4/c1-14-25-22(27-26-14)19(30)12-21(31)29(13-15-8-9-20(33-4)18(24)10-15)17-7-5-6-16(11-17)23(32)28(2)3/h5-11H,12-13H2,1-4H3,(H,25,26,27). The molecule has 3 aromatic rings. The first-order chi connectivity index (χ1) is 15.7. The third-order valence-corrected chi connectivity index (χ3v) is 5.12. The molecule has 0 aliphatic rings. The van der Waals surface area contributed by atoms with Gasteiger partial charge in [-0.05, 0) is 42.8 Å². The van der Waals surface area contributed by atoms with E-state index in [4.69, 9.17) is 16.3 Å². The zero-order chi connectivity index (χ0) is 24.1. The summed E-state index contributed by atoms with van der Waals surface area (Å²) in [5.74, 6) is -0.252. The van der Waals surface area contributed by atoms with Crippen LogP contribution >= 0.6 is 11.6 Å². The second kappa shape index (κ2) is 10.3. The summed E-state index contributed by atoms with van der Waals surface area (Å²) >= 11 is 6.25. The van der Waals surface area contributed by atoms with Crippen LogP contribution in [-0.2, 0) is 11.3 Å². The maximum absolute atomic E-state index is 13.2. The van der Waals surface area contributed by atoms with E-state index in [1.165, 1.54) is 16.9 Å². The van der Waals surface area contributed by atoms with Crippen LogP contribution in [0.4, 0.5) is 5.69 Å². The van der Waals surface area contributed by atoms with Gasteiger partial charge in [0.2, 0.25) is 17.5 Å². The SMILES string of the molecule is COc1ccc(CN(C(=O)CC(=O)c2n[nH]c(C)n2)c2cccc(C(=O)N(C)C)c2)cc1Cl. The fraction of sp³-hybridized carbons (Fsp3) is 0.261. The van der Waals surface area contributed by atoms with Gasteiger partial charge >= 0.3 is 0 Å². The maximum Gasteiger partial charge on any atom is 0.253 e. The molecule has 0 radical (unpaired) electrons. The molecular weight excluding hydrogens is 446 g/mol. The number of hydrogen-bond acceptors (Lipinski definition) is 6. The molecule has 0 fully saturated rings. The molecule has 0 saturated carbocycles. The molecule has 172 valence electrons. The number of ketones is 1. The van der Waals surface area contributed by atoms with Crippen molar-refractivity contribution in [2.24, 2.45) is 0 Å². The number of Topliss-reactive ketones (excluding diaryl/α,β-unsaturated/α-hetero) is 1. The summed E-state index contributed by atoms with van der Waals surface area (Å²) in [5, 5.41) is 6.82. The highest BCUT2D eigenvalue weighted by molar-refractivity contribution is 6.32. The number of carbonyl (C=O) groups is 3. The van der Waals surface area contributed by atoms with Gasteiger partial charge in [-0.1, -0.05) is 23.7 Å². The van der Waals surface area contributed by atoms with Crippen LogP contribution in [0.2, 0.25) is 5.02 Å². The van der Waals surface area contributed by atoms with Crippen LogP contribution in [0.15, 0.2) is 42.5 Å². The average molecular weight is 470 g/mol. The van der Waals surface area contributed by atoms with Crippen LogP contribution in [0.1, 0.15) is 38.8 Å². The Morgan fingerprint density at radius 3 is 2.48 bits per heavy atom. The van der Waals surface area contributed by atoms with Gasteiger partial charge in [0.15, 0.2) is 0 Å². The van der Waals surface area contributed by atoms with Gasteiger partial charge in [-0.3, -0.25) is 19.5 Å². The molecule has 33 heavy (non-hydrogen) atoms. The van der Waals surface area contributed by atoms with E-state index in [2.05, 4.69) is 15.2 Å². The molecule has 1 heterocycles. The lowest BCUT2D eigenvalue weighted by Crippen LogP contribution is -2.32. The third kappa shape index (κ3) is 5.75. The average Bonchev–Trinajstić information content (AvgIpc) is 3.23. The van der Waals surface area contributed by atoms with Gasteiger partial charge in [0.1, 0.15) is 11.6 Å². The normalized spacial score (nSPS) is 10.6. The minimum absolute atomic E-state index is 0.0511. The molecule has 0 spiro atoms. The molecule has 1 N–H and O–H groups in total. The van der Waals surface area contributed by atoms with Crippen molar-refractivity contribution in [1.82, 2.24) is 20.1 Å². The second-order valence-electron chi connectivity index (χ2n) is 7.54. The Morgan fingerprint density at radius 1 is 1.12 bits per heavy atom. The first kappa shape index (κ1) is 23.9. The lowest BCUT2D eigenvalue weighted by atomic mass is 10.1. The van der Waals surface area contributed by atoms with Crippen molar-refractivity contribution in [3.05, 3.63) is 70.3 Å². The highest BCUT2D eigenvalue weighted by atomic mass is 35.5. The topological polar surface area (TPSA) is 108 Å². The predicted molar refractivity (Wildman–Crippen MR) is 124 cm³/mol. The van der Waals surface area contributed by atoms with Gasteiger partial charge in [-0.15, -0.1) is 0 Å². The number of aromatic nitrogens is 3. The summed E-state index contributed by atoms with van der Waals surface area (Å²) in [6.45, 7) is 1.79. The monoisotopic (exact) mass is 469 g/mol. The van der Waals surface area contributed by atoms with Gasteiger partial charge in [0.25, 0.3) is 5.91 Å². The van der Waals surface area contributed by atoms with E-state index >= 15 is 0 Å². The number of nitrogens with zero attached hydrogens (tertiary/aromatic N) is 4. The van der Waals surface area contributed by atoms with E-state index in [9.17, 15) is 14.4 Å². The molecule has 9 nitrogen and oxygen atoms in total. The van der Waals surface area contributed by atoms with Crippen molar-refractivity contribution in [2.45, 2.75) is 19.9 Å². The smallest absolute Gasteiger partial charge is 0.253 e. The van der Waals surface area contributed by atoms with E-state index in [0.29, 0.717) is 27.8 Å². The molecule has 0 aliphatic carbocycles. The molecule has 3 rings (SSSR count). The molecule has 1 aromatic heterocycles. The summed E-state index contributed by atoms with van der Waals surface area (Å²) in [6, 6.07) is 11.8. The molecule has 0 atom stereocenters. The van der Waals surface area contributed by atoms with Crippen molar-refractivity contribution < 1.29 is 19.1 Å². The number of anilines is 1. The Morgan fingerprint density at radius 2 is 1.88 bits per heavy atom. The molecular formula is C23H24ClN5O4. The Hall–Kier alpha value is -3.72. The molecule has 0 unspecified atom stereocenters. The Balaban J connectivity index is 1.94. The number of halogens is 1. The molecule has 2 aromatic carbocycles. The second-order valence-corrected chi connectivity index (χ2v) is 7.95. The Kier molecular flexibility index (Phi) is 7.44. The molecule has 0 saturated heterocycles. The summed E-state index contributed by atoms with van der Waals surface area (Å²) < 4.78 is 5.19. The zero-order valence-corrected chi connectivity index (χ0v) is 19.5. The van der Waals surface area contributed by atoms with Crippen molar-refractivity contribution in [2.75, 3.05) is 26.1 Å². The van der Waals surface area contributed by atoms with Crippen LogP contribution in [-0.4, -0.2) is 58.9 Å². The van der Waals surface area contributed by atoms with Crippen molar-refractivity contribution in [3.63, 3.8) is 0 Å². The van der Waals surface area contributed by atoms with Gasteiger partial charge in [0.05, 0.1) is 25.1 Å². The number of rotatable bonds is 8. The highest BCUT2D eigenvalue weighted by Gasteiger charge is 2.23. The number of ether oxygens (including phenoxy) is 1. The summed E-state index contributed by atoms with van der Waals surface area (Å²) in [5.41, 5.74) is 1.61. The molecule has 2 amide bonds. The summed E-state index contributed by atoms with van der Waals surface area (Å²) in [7, 11) is 4.81. The first-order valence-electron chi connectivity index (χ1n) is 10.1. The number of aromatic amines is 1. The summed E-state index contributed by atoms with van der Waals surface area (Å²) in [6.07, 6.45) is -0.437. The predicted octanol–water partition coefficient (Wildman–Crippen LogP) is 3.28. The zero-order valence-electron chi connectivity index (χ0n) is 18.8. The molecule has 0 aliphatic heterocycles. The van der Waals surface area contributed by atoms with Gasteiger partial charge in [-0.2, -0.15) is 5.10 Å². The van der Waals surface area contributed by atoms with E-state index in [0.717, 1.165) is 5.56 Å². The van der Waals surface area contributed by atoms with Crippen molar-refractivity contribution in [3.8, 4) is 5.75 Å². The fourth-order valence-electron chi connectivity index (χ4n) is 3.16. The minimum Gasteiger partial charge on any atom is -0.495 e. The van der Waals surface area contributed by atoms with Gasteiger partial charge in [0, 0.05) is 25.3 Å². The minimum atomic E-state index is -0.511. The molecule has 0 bridgehead atoms. The van der Waals surface area contributed by atoms with Crippen LogP contribution in [0, 0.1) is 6.92 Å². The van der Waals surface area contributed by atoms with Crippen LogP contribution < -0.4 is 9.64 Å². The first-order valence-corrected chi connectivity index (χ1v) is 10.4. The number of aryl methyl sites for hydroxylation is 1. The fourth-order valence-corrected chi connectivity index (χ4v) is 3.44. The Labute approximate surface area is 196 Å². The quantitative estimate of drug-likeness (QED) is 0.400. The van der Waals surface area contributed by atoms with Crippen LogP contribution in [0.5, 0.6) is 5.75 Å². The van der Waals surface area contributed by atoms with E-state index in [-0.39, 0.29) is 18.3 Å². The lowest BCUT2D eigenvalue weighted by Gasteiger charge is -2.24. The highest BCUT2D eigenvalue weighted by Crippen LogP contribution is 2.27. The lowest BCUT2D eigenvalue weighted by molar-refractivity contribution is -0.117. The van der Waals surface area contributed by atoms with Crippen LogP contribution in [0.3, 0.4) is 0 Å².